The first-order valence-corrected chi connectivity index (χ1v) is 7.66. The maximum atomic E-state index is 4.40. The van der Waals surface area contributed by atoms with Gasteiger partial charge < -0.3 is 5.32 Å². The number of hydrogen-bond donors (Lipinski definition) is 1. The monoisotopic (exact) mass is 285 g/mol. The molecule has 20 heavy (non-hydrogen) atoms. The Hall–Kier alpha value is -1.95. The number of thiophene rings is 1. The minimum absolute atomic E-state index is 0.350. The molecule has 0 spiro atoms. The summed E-state index contributed by atoms with van der Waals surface area (Å²) in [6.45, 7) is 0. The fourth-order valence-electron chi connectivity index (χ4n) is 2.88. The SMILES string of the molecule is Cn1ncc2c(NC3CCCc4sccc43)ncnc21. The number of rotatable bonds is 2. The van der Waals surface area contributed by atoms with E-state index < -0.39 is 0 Å². The standard InChI is InChI=1S/C14H15N5S/c1-19-14-10(7-17-19)13(15-8-16-14)18-11-3-2-4-12-9(11)5-6-20-12/h5-8,11H,2-4H2,1H3,(H,15,16,18). The van der Waals surface area contributed by atoms with Gasteiger partial charge in [0.2, 0.25) is 0 Å². The van der Waals surface area contributed by atoms with Crippen LogP contribution in [0.5, 0.6) is 0 Å². The van der Waals surface area contributed by atoms with Gasteiger partial charge in [0, 0.05) is 11.9 Å². The van der Waals surface area contributed by atoms with Gasteiger partial charge in [0.05, 0.1) is 17.6 Å². The second kappa shape index (κ2) is 4.56. The number of nitrogens with one attached hydrogen (secondary N) is 1. The first-order valence-electron chi connectivity index (χ1n) is 6.78. The summed E-state index contributed by atoms with van der Waals surface area (Å²) < 4.78 is 1.78. The van der Waals surface area contributed by atoms with Crippen LogP contribution in [0.25, 0.3) is 11.0 Å². The van der Waals surface area contributed by atoms with E-state index in [9.17, 15) is 0 Å². The lowest BCUT2D eigenvalue weighted by molar-refractivity contribution is 0.607. The predicted octanol–water partition coefficient (Wildman–Crippen LogP) is 2.91. The van der Waals surface area contributed by atoms with E-state index in [1.165, 1.54) is 23.3 Å². The predicted molar refractivity (Wildman–Crippen MR) is 79.9 cm³/mol. The largest absolute Gasteiger partial charge is 0.363 e. The third-order valence-electron chi connectivity index (χ3n) is 3.89. The Labute approximate surface area is 120 Å². The Balaban J connectivity index is 1.73. The van der Waals surface area contributed by atoms with Gasteiger partial charge in [0.1, 0.15) is 12.1 Å². The van der Waals surface area contributed by atoms with E-state index in [0.717, 1.165) is 23.3 Å². The lowest BCUT2D eigenvalue weighted by atomic mass is 9.94. The van der Waals surface area contributed by atoms with Crippen molar-refractivity contribution < 1.29 is 0 Å². The van der Waals surface area contributed by atoms with Crippen LogP contribution in [-0.4, -0.2) is 19.7 Å². The molecule has 0 aromatic carbocycles. The highest BCUT2D eigenvalue weighted by Crippen LogP contribution is 2.36. The summed E-state index contributed by atoms with van der Waals surface area (Å²) in [7, 11) is 1.90. The molecule has 1 N–H and O–H groups in total. The van der Waals surface area contributed by atoms with Crippen molar-refractivity contribution in [1.29, 1.82) is 0 Å². The van der Waals surface area contributed by atoms with Crippen LogP contribution < -0.4 is 5.32 Å². The molecule has 3 heterocycles. The van der Waals surface area contributed by atoms with Gasteiger partial charge in [-0.1, -0.05) is 0 Å². The fraction of sp³-hybridized carbons (Fsp3) is 0.357. The lowest BCUT2D eigenvalue weighted by Gasteiger charge is -2.24. The zero-order valence-corrected chi connectivity index (χ0v) is 12.0. The van der Waals surface area contributed by atoms with Gasteiger partial charge in [-0.3, -0.25) is 4.68 Å². The Morgan fingerprint density at radius 2 is 2.35 bits per heavy atom. The van der Waals surface area contributed by atoms with E-state index in [-0.39, 0.29) is 0 Å². The second-order valence-corrected chi connectivity index (χ2v) is 6.12. The first-order chi connectivity index (χ1) is 9.83. The minimum Gasteiger partial charge on any atom is -0.363 e. The van der Waals surface area contributed by atoms with Crippen molar-refractivity contribution in [2.24, 2.45) is 7.05 Å². The summed E-state index contributed by atoms with van der Waals surface area (Å²) in [5, 5.41) is 11.0. The van der Waals surface area contributed by atoms with Gasteiger partial charge in [-0.15, -0.1) is 11.3 Å². The maximum Gasteiger partial charge on any atom is 0.163 e. The van der Waals surface area contributed by atoms with Gasteiger partial charge in [-0.25, -0.2) is 9.97 Å². The average Bonchev–Trinajstić information content (AvgIpc) is 3.08. The Bertz CT molecular complexity index is 760. The van der Waals surface area contributed by atoms with Crippen LogP contribution in [0.2, 0.25) is 0 Å². The van der Waals surface area contributed by atoms with Gasteiger partial charge in [-0.2, -0.15) is 5.10 Å². The summed E-state index contributed by atoms with van der Waals surface area (Å²) in [4.78, 5) is 10.2. The second-order valence-electron chi connectivity index (χ2n) is 5.12. The van der Waals surface area contributed by atoms with E-state index in [1.54, 1.807) is 11.0 Å². The van der Waals surface area contributed by atoms with Gasteiger partial charge >= 0.3 is 0 Å². The molecule has 6 heteroatoms. The van der Waals surface area contributed by atoms with Crippen LogP contribution >= 0.6 is 11.3 Å². The highest BCUT2D eigenvalue weighted by molar-refractivity contribution is 7.10. The van der Waals surface area contributed by atoms with Gasteiger partial charge in [-0.05, 0) is 36.3 Å². The van der Waals surface area contributed by atoms with Crippen LogP contribution in [0.1, 0.15) is 29.3 Å². The molecule has 3 aromatic rings. The van der Waals surface area contributed by atoms with Crippen molar-refractivity contribution in [3.8, 4) is 0 Å². The smallest absolute Gasteiger partial charge is 0.163 e. The molecule has 3 aromatic heterocycles. The molecule has 0 saturated carbocycles. The number of aromatic nitrogens is 4. The van der Waals surface area contributed by atoms with Crippen molar-refractivity contribution >= 4 is 28.2 Å². The van der Waals surface area contributed by atoms with Crippen molar-refractivity contribution in [3.05, 3.63) is 34.4 Å². The molecule has 0 amide bonds. The molecule has 1 unspecified atom stereocenters. The zero-order chi connectivity index (χ0) is 13.5. The minimum atomic E-state index is 0.350. The highest BCUT2D eigenvalue weighted by Gasteiger charge is 2.22. The normalized spacial score (nSPS) is 18.1. The van der Waals surface area contributed by atoms with Crippen molar-refractivity contribution in [3.63, 3.8) is 0 Å². The van der Waals surface area contributed by atoms with Crippen LogP contribution in [0, 0.1) is 0 Å². The molecule has 5 nitrogen and oxygen atoms in total. The van der Waals surface area contributed by atoms with Gasteiger partial charge in [0.25, 0.3) is 0 Å². The van der Waals surface area contributed by atoms with Gasteiger partial charge in [0.15, 0.2) is 5.65 Å². The third kappa shape index (κ3) is 1.79. The fourth-order valence-corrected chi connectivity index (χ4v) is 3.87. The first kappa shape index (κ1) is 11.8. The Kier molecular flexibility index (Phi) is 2.70. The summed E-state index contributed by atoms with van der Waals surface area (Å²) in [5.74, 6) is 0.882. The molecule has 0 aliphatic heterocycles. The number of anilines is 1. The average molecular weight is 285 g/mol. The Morgan fingerprint density at radius 3 is 3.30 bits per heavy atom. The van der Waals surface area contributed by atoms with Crippen molar-refractivity contribution in [1.82, 2.24) is 19.7 Å². The molecular formula is C14H15N5S. The van der Waals surface area contributed by atoms with Crippen molar-refractivity contribution in [2.75, 3.05) is 5.32 Å². The Morgan fingerprint density at radius 1 is 1.40 bits per heavy atom. The zero-order valence-electron chi connectivity index (χ0n) is 11.2. The van der Waals surface area contributed by atoms with E-state index in [1.807, 2.05) is 24.6 Å². The number of hydrogen-bond acceptors (Lipinski definition) is 5. The van der Waals surface area contributed by atoms with Crippen LogP contribution in [0.4, 0.5) is 5.82 Å². The number of aryl methyl sites for hydroxylation is 2. The lowest BCUT2D eigenvalue weighted by Crippen LogP contribution is -2.16. The summed E-state index contributed by atoms with van der Waals surface area (Å²) in [6, 6.07) is 2.58. The number of nitrogens with zero attached hydrogens (tertiary/aromatic N) is 4. The summed E-state index contributed by atoms with van der Waals surface area (Å²) >= 11 is 1.86. The molecular weight excluding hydrogens is 270 g/mol. The summed E-state index contributed by atoms with van der Waals surface area (Å²) in [6.07, 6.45) is 7.01. The topological polar surface area (TPSA) is 55.6 Å². The summed E-state index contributed by atoms with van der Waals surface area (Å²) in [5.41, 5.74) is 2.29. The van der Waals surface area contributed by atoms with Crippen LogP contribution in [-0.2, 0) is 13.5 Å². The molecule has 0 fully saturated rings. The molecule has 102 valence electrons. The molecule has 0 bridgehead atoms. The molecule has 0 radical (unpaired) electrons. The van der Waals surface area contributed by atoms with Crippen molar-refractivity contribution in [2.45, 2.75) is 25.3 Å². The van der Waals surface area contributed by atoms with E-state index in [4.69, 9.17) is 0 Å². The quantitative estimate of drug-likeness (QED) is 0.786. The molecule has 1 aliphatic rings. The van der Waals surface area contributed by atoms with E-state index >= 15 is 0 Å². The molecule has 1 aliphatic carbocycles. The third-order valence-corrected chi connectivity index (χ3v) is 4.89. The van der Waals surface area contributed by atoms with Crippen LogP contribution in [0.15, 0.2) is 24.0 Å². The maximum absolute atomic E-state index is 4.40. The van der Waals surface area contributed by atoms with E-state index in [0.29, 0.717) is 6.04 Å². The number of fused-ring (bicyclic) bond motifs is 2. The molecule has 4 rings (SSSR count). The molecule has 1 atom stereocenters. The van der Waals surface area contributed by atoms with E-state index in [2.05, 4.69) is 31.8 Å². The highest BCUT2D eigenvalue weighted by atomic mass is 32.1. The molecule has 0 saturated heterocycles. The van der Waals surface area contributed by atoms with Crippen LogP contribution in [0.3, 0.4) is 0 Å².